The molecule has 88 valence electrons. The minimum Gasteiger partial charge on any atom is -0.250 e. The molecule has 0 nitrogen and oxygen atoms in total. The van der Waals surface area contributed by atoms with Crippen LogP contribution in [0.2, 0.25) is 0 Å². The van der Waals surface area contributed by atoms with Gasteiger partial charge in [-0.05, 0) is 36.5 Å². The fourth-order valence-corrected chi connectivity index (χ4v) is 3.18. The molecule has 16 heavy (non-hydrogen) atoms. The molecule has 0 radical (unpaired) electrons. The topological polar surface area (TPSA) is 0 Å². The van der Waals surface area contributed by atoms with Crippen LogP contribution in [0, 0.1) is 5.92 Å². The highest BCUT2D eigenvalue weighted by Crippen LogP contribution is 2.36. The Labute approximate surface area is 105 Å². The Kier molecular flexibility index (Phi) is 4.39. The summed E-state index contributed by atoms with van der Waals surface area (Å²) in [5.41, 5.74) is 1.16. The summed E-state index contributed by atoms with van der Waals surface area (Å²) in [6, 6.07) is 8.13. The first-order valence-electron chi connectivity index (χ1n) is 6.12. The Bertz CT molecular complexity index is 331. The summed E-state index contributed by atoms with van der Waals surface area (Å²) in [5, 5.41) is 0. The zero-order valence-electron chi connectivity index (χ0n) is 9.46. The van der Waals surface area contributed by atoms with E-state index in [-0.39, 0.29) is 12.6 Å². The van der Waals surface area contributed by atoms with E-state index < -0.39 is 0 Å². The highest BCUT2D eigenvalue weighted by molar-refractivity contribution is 9.10. The number of benzene rings is 1. The number of hydrogen-bond acceptors (Lipinski definition) is 0. The average Bonchev–Trinajstić information content (AvgIpc) is 2.31. The normalized spacial score (nSPS) is 19.6. The SMILES string of the molecule is FCC(c1cccc(Br)c1)C1CCCCC1. The van der Waals surface area contributed by atoms with E-state index in [1.807, 2.05) is 12.1 Å². The fraction of sp³-hybridized carbons (Fsp3) is 0.571. The highest BCUT2D eigenvalue weighted by atomic mass is 79.9. The van der Waals surface area contributed by atoms with E-state index >= 15 is 0 Å². The van der Waals surface area contributed by atoms with Crippen molar-refractivity contribution < 1.29 is 4.39 Å². The molecule has 0 saturated heterocycles. The van der Waals surface area contributed by atoms with Crippen LogP contribution in [0.5, 0.6) is 0 Å². The molecule has 1 unspecified atom stereocenters. The second-order valence-corrected chi connectivity index (χ2v) is 5.63. The lowest BCUT2D eigenvalue weighted by atomic mass is 9.77. The monoisotopic (exact) mass is 284 g/mol. The van der Waals surface area contributed by atoms with Crippen LogP contribution in [0.15, 0.2) is 28.7 Å². The zero-order chi connectivity index (χ0) is 11.4. The van der Waals surface area contributed by atoms with Crippen LogP contribution in [0.3, 0.4) is 0 Å². The number of halogens is 2. The van der Waals surface area contributed by atoms with E-state index in [1.54, 1.807) is 0 Å². The van der Waals surface area contributed by atoms with Gasteiger partial charge in [0.25, 0.3) is 0 Å². The minimum absolute atomic E-state index is 0.109. The summed E-state index contributed by atoms with van der Waals surface area (Å²) in [6.45, 7) is -0.221. The van der Waals surface area contributed by atoms with Gasteiger partial charge in [-0.15, -0.1) is 0 Å². The predicted molar refractivity (Wildman–Crippen MR) is 69.4 cm³/mol. The standard InChI is InChI=1S/C14H18BrF/c15-13-8-4-7-12(9-13)14(10-16)11-5-2-1-3-6-11/h4,7-9,11,14H,1-3,5-6,10H2. The van der Waals surface area contributed by atoms with Crippen LogP contribution < -0.4 is 0 Å². The molecular formula is C14H18BrF. The van der Waals surface area contributed by atoms with Crippen LogP contribution in [-0.2, 0) is 0 Å². The molecule has 1 aromatic carbocycles. The summed E-state index contributed by atoms with van der Waals surface area (Å²) in [5.74, 6) is 0.658. The first-order chi connectivity index (χ1) is 7.81. The van der Waals surface area contributed by atoms with Crippen LogP contribution in [-0.4, -0.2) is 6.67 Å². The third-order valence-electron chi connectivity index (χ3n) is 3.66. The molecule has 0 heterocycles. The van der Waals surface area contributed by atoms with E-state index in [2.05, 4.69) is 28.1 Å². The average molecular weight is 285 g/mol. The van der Waals surface area contributed by atoms with Gasteiger partial charge in [0.2, 0.25) is 0 Å². The first-order valence-corrected chi connectivity index (χ1v) is 6.92. The van der Waals surface area contributed by atoms with Crippen molar-refractivity contribution in [3.05, 3.63) is 34.3 Å². The van der Waals surface area contributed by atoms with Crippen LogP contribution >= 0.6 is 15.9 Å². The van der Waals surface area contributed by atoms with Gasteiger partial charge in [-0.25, -0.2) is 0 Å². The number of rotatable bonds is 3. The molecule has 0 amide bonds. The molecule has 0 spiro atoms. The molecule has 1 aromatic rings. The lowest BCUT2D eigenvalue weighted by Gasteiger charge is -2.28. The van der Waals surface area contributed by atoms with Crippen molar-refractivity contribution in [3.63, 3.8) is 0 Å². The smallest absolute Gasteiger partial charge is 0.0965 e. The van der Waals surface area contributed by atoms with Crippen LogP contribution in [0.1, 0.15) is 43.6 Å². The van der Waals surface area contributed by atoms with Crippen molar-refractivity contribution in [2.45, 2.75) is 38.0 Å². The third kappa shape index (κ3) is 2.85. The Morgan fingerprint density at radius 2 is 2.00 bits per heavy atom. The molecule has 2 heteroatoms. The van der Waals surface area contributed by atoms with Crippen molar-refractivity contribution in [2.24, 2.45) is 5.92 Å². The minimum atomic E-state index is -0.221. The molecule has 1 saturated carbocycles. The molecule has 1 atom stereocenters. The molecule has 1 aliphatic rings. The van der Waals surface area contributed by atoms with Crippen molar-refractivity contribution in [1.82, 2.24) is 0 Å². The lowest BCUT2D eigenvalue weighted by Crippen LogP contribution is -2.18. The van der Waals surface area contributed by atoms with Gasteiger partial charge in [0.05, 0.1) is 6.67 Å². The maximum absolute atomic E-state index is 13.2. The van der Waals surface area contributed by atoms with Crippen molar-refractivity contribution >= 4 is 15.9 Å². The van der Waals surface area contributed by atoms with Crippen molar-refractivity contribution in [3.8, 4) is 0 Å². The second-order valence-electron chi connectivity index (χ2n) is 4.71. The maximum atomic E-state index is 13.2. The highest BCUT2D eigenvalue weighted by Gasteiger charge is 2.24. The fourth-order valence-electron chi connectivity index (χ4n) is 2.76. The van der Waals surface area contributed by atoms with Gasteiger partial charge < -0.3 is 0 Å². The molecule has 2 rings (SSSR count). The van der Waals surface area contributed by atoms with Gasteiger partial charge >= 0.3 is 0 Å². The molecule has 0 N–H and O–H groups in total. The van der Waals surface area contributed by atoms with E-state index in [0.29, 0.717) is 5.92 Å². The summed E-state index contributed by atoms with van der Waals surface area (Å²) in [4.78, 5) is 0. The predicted octanol–water partition coefficient (Wildman–Crippen LogP) is 5.08. The van der Waals surface area contributed by atoms with Gasteiger partial charge in [0.1, 0.15) is 0 Å². The van der Waals surface area contributed by atoms with Crippen LogP contribution in [0.25, 0.3) is 0 Å². The quantitative estimate of drug-likeness (QED) is 0.726. The Hall–Kier alpha value is -0.370. The van der Waals surface area contributed by atoms with Crippen molar-refractivity contribution in [2.75, 3.05) is 6.67 Å². The third-order valence-corrected chi connectivity index (χ3v) is 4.16. The van der Waals surface area contributed by atoms with E-state index in [0.717, 1.165) is 10.0 Å². The Morgan fingerprint density at radius 1 is 1.25 bits per heavy atom. The molecule has 0 aliphatic heterocycles. The lowest BCUT2D eigenvalue weighted by molar-refractivity contribution is 0.263. The molecule has 1 aliphatic carbocycles. The largest absolute Gasteiger partial charge is 0.250 e. The van der Waals surface area contributed by atoms with Gasteiger partial charge in [0.15, 0.2) is 0 Å². The van der Waals surface area contributed by atoms with Crippen molar-refractivity contribution in [1.29, 1.82) is 0 Å². The second kappa shape index (κ2) is 5.81. The van der Waals surface area contributed by atoms with E-state index in [9.17, 15) is 4.39 Å². The summed E-state index contributed by atoms with van der Waals surface area (Å²) in [7, 11) is 0. The summed E-state index contributed by atoms with van der Waals surface area (Å²) >= 11 is 3.46. The summed E-state index contributed by atoms with van der Waals surface area (Å²) < 4.78 is 14.3. The van der Waals surface area contributed by atoms with Gasteiger partial charge in [-0.3, -0.25) is 4.39 Å². The molecule has 0 aromatic heterocycles. The molecule has 1 fully saturated rings. The summed E-state index contributed by atoms with van der Waals surface area (Å²) in [6.07, 6.45) is 6.26. The van der Waals surface area contributed by atoms with E-state index in [1.165, 1.54) is 32.1 Å². The van der Waals surface area contributed by atoms with Gasteiger partial charge in [-0.2, -0.15) is 0 Å². The Balaban J connectivity index is 2.14. The Morgan fingerprint density at radius 3 is 2.62 bits per heavy atom. The molecular weight excluding hydrogens is 267 g/mol. The van der Waals surface area contributed by atoms with Gasteiger partial charge in [-0.1, -0.05) is 47.3 Å². The maximum Gasteiger partial charge on any atom is 0.0965 e. The van der Waals surface area contributed by atoms with E-state index in [4.69, 9.17) is 0 Å². The zero-order valence-corrected chi connectivity index (χ0v) is 11.0. The number of hydrogen-bond donors (Lipinski definition) is 0. The molecule has 0 bridgehead atoms. The van der Waals surface area contributed by atoms with Gasteiger partial charge in [0, 0.05) is 10.4 Å². The first kappa shape index (κ1) is 12.1. The van der Waals surface area contributed by atoms with Crippen LogP contribution in [0.4, 0.5) is 4.39 Å². The number of alkyl halides is 1.